The Balaban J connectivity index is 0.00000312. The zero-order valence-electron chi connectivity index (χ0n) is 15.9. The lowest BCUT2D eigenvalue weighted by molar-refractivity contribution is 0.115. The molecule has 1 atom stereocenters. The highest BCUT2D eigenvalue weighted by Crippen LogP contribution is 2.28. The molecule has 1 aliphatic rings. The number of halogens is 1. The van der Waals surface area contributed by atoms with E-state index >= 15 is 0 Å². The van der Waals surface area contributed by atoms with Crippen LogP contribution in [0, 0.1) is 5.92 Å². The lowest BCUT2D eigenvalue weighted by Crippen LogP contribution is -2.41. The Kier molecular flexibility index (Phi) is 10.4. The maximum atomic E-state index is 5.73. The summed E-state index contributed by atoms with van der Waals surface area (Å²) in [5, 5.41) is 3.36. The maximum absolute atomic E-state index is 5.73. The monoisotopic (exact) mass is 464 g/mol. The summed E-state index contributed by atoms with van der Waals surface area (Å²) in [7, 11) is 6.15. The normalized spacial score (nSPS) is 15.8. The van der Waals surface area contributed by atoms with E-state index < -0.39 is 0 Å². The van der Waals surface area contributed by atoms with E-state index in [1.807, 2.05) is 26.2 Å². The van der Waals surface area contributed by atoms with Gasteiger partial charge in [0.15, 0.2) is 5.96 Å². The minimum Gasteiger partial charge on any atom is -0.468 e. The molecular formula is C18H33IN4O2. The number of nitrogens with zero attached hydrogens (tertiary/aromatic N) is 3. The first-order valence-corrected chi connectivity index (χ1v) is 8.88. The van der Waals surface area contributed by atoms with Crippen molar-refractivity contribution in [1.29, 1.82) is 0 Å². The van der Waals surface area contributed by atoms with Crippen LogP contribution in [-0.2, 0) is 4.74 Å². The Morgan fingerprint density at radius 1 is 1.40 bits per heavy atom. The summed E-state index contributed by atoms with van der Waals surface area (Å²) in [6, 6.07) is 4.06. The number of ether oxygens (including phenoxy) is 1. The SMILES string of the molecule is CCNC(=NCC(c1ccco1)N(C)C)N(C)CCOCC1CC1.I. The van der Waals surface area contributed by atoms with Gasteiger partial charge in [0.05, 0.1) is 25.5 Å². The molecular weight excluding hydrogens is 431 g/mol. The molecule has 1 saturated carbocycles. The molecule has 6 nitrogen and oxygen atoms in total. The van der Waals surface area contributed by atoms with Crippen LogP contribution < -0.4 is 5.32 Å². The maximum Gasteiger partial charge on any atom is 0.193 e. The average Bonchev–Trinajstić information content (AvgIpc) is 3.23. The Bertz CT molecular complexity index is 489. The van der Waals surface area contributed by atoms with E-state index in [2.05, 4.69) is 29.1 Å². The number of hydrogen-bond donors (Lipinski definition) is 1. The number of likely N-dealkylation sites (N-methyl/N-ethyl adjacent to an activating group) is 2. The van der Waals surface area contributed by atoms with E-state index in [9.17, 15) is 0 Å². The summed E-state index contributed by atoms with van der Waals surface area (Å²) >= 11 is 0. The van der Waals surface area contributed by atoms with Crippen LogP contribution >= 0.6 is 24.0 Å². The largest absolute Gasteiger partial charge is 0.468 e. The van der Waals surface area contributed by atoms with Crippen molar-refractivity contribution < 1.29 is 9.15 Å². The van der Waals surface area contributed by atoms with Crippen molar-refractivity contribution in [3.63, 3.8) is 0 Å². The molecule has 2 rings (SSSR count). The van der Waals surface area contributed by atoms with E-state index in [0.29, 0.717) is 6.54 Å². The Hall–Kier alpha value is -0.800. The smallest absolute Gasteiger partial charge is 0.193 e. The third-order valence-electron chi connectivity index (χ3n) is 4.23. The van der Waals surface area contributed by atoms with E-state index in [-0.39, 0.29) is 30.0 Å². The number of aliphatic imine (C=N–C) groups is 1. The second kappa shape index (κ2) is 11.7. The molecule has 0 bridgehead atoms. The first-order chi connectivity index (χ1) is 11.6. The topological polar surface area (TPSA) is 53.2 Å². The number of hydrogen-bond acceptors (Lipinski definition) is 4. The molecule has 1 aromatic heterocycles. The zero-order chi connectivity index (χ0) is 17.4. The predicted octanol–water partition coefficient (Wildman–Crippen LogP) is 2.82. The fraction of sp³-hybridized carbons (Fsp3) is 0.722. The number of guanidine groups is 1. The second-order valence-electron chi connectivity index (χ2n) is 6.63. The molecule has 144 valence electrons. The van der Waals surface area contributed by atoms with Crippen molar-refractivity contribution in [2.75, 3.05) is 54.0 Å². The van der Waals surface area contributed by atoms with Gasteiger partial charge >= 0.3 is 0 Å². The van der Waals surface area contributed by atoms with Gasteiger partial charge in [-0.05, 0) is 51.9 Å². The van der Waals surface area contributed by atoms with Gasteiger partial charge in [-0.1, -0.05) is 0 Å². The highest BCUT2D eigenvalue weighted by Gasteiger charge is 2.21. The molecule has 1 heterocycles. The third kappa shape index (κ3) is 7.96. The lowest BCUT2D eigenvalue weighted by Gasteiger charge is -2.24. The van der Waals surface area contributed by atoms with Crippen molar-refractivity contribution in [1.82, 2.24) is 15.1 Å². The first-order valence-electron chi connectivity index (χ1n) is 8.88. The molecule has 0 saturated heterocycles. The van der Waals surface area contributed by atoms with Gasteiger partial charge < -0.3 is 19.4 Å². The molecule has 1 N–H and O–H groups in total. The molecule has 1 aromatic rings. The standard InChI is InChI=1S/C18H32N4O2.HI/c1-5-19-18(22(4)10-12-23-14-15-8-9-15)20-13-16(21(2)3)17-7-6-11-24-17;/h6-7,11,15-16H,5,8-10,12-14H2,1-4H3,(H,19,20);1H. The summed E-state index contributed by atoms with van der Waals surface area (Å²) in [6.45, 7) is 6.07. The van der Waals surface area contributed by atoms with E-state index in [4.69, 9.17) is 14.1 Å². The summed E-state index contributed by atoms with van der Waals surface area (Å²) in [6.07, 6.45) is 4.38. The van der Waals surface area contributed by atoms with Crippen LogP contribution in [0.1, 0.15) is 31.6 Å². The van der Waals surface area contributed by atoms with Crippen molar-refractivity contribution in [3.8, 4) is 0 Å². The highest BCUT2D eigenvalue weighted by atomic mass is 127. The van der Waals surface area contributed by atoms with Gasteiger partial charge in [0.1, 0.15) is 5.76 Å². The van der Waals surface area contributed by atoms with Crippen molar-refractivity contribution >= 4 is 29.9 Å². The number of nitrogens with one attached hydrogen (secondary N) is 1. The summed E-state index contributed by atoms with van der Waals surface area (Å²) < 4.78 is 11.3. The fourth-order valence-electron chi connectivity index (χ4n) is 2.47. The van der Waals surface area contributed by atoms with Gasteiger partial charge in [0, 0.05) is 26.7 Å². The summed E-state index contributed by atoms with van der Waals surface area (Å²) in [4.78, 5) is 9.05. The van der Waals surface area contributed by atoms with Crippen LogP contribution in [0.2, 0.25) is 0 Å². The summed E-state index contributed by atoms with van der Waals surface area (Å²) in [5.41, 5.74) is 0. The van der Waals surface area contributed by atoms with Crippen LogP contribution in [0.25, 0.3) is 0 Å². The molecule has 0 amide bonds. The number of rotatable bonds is 10. The molecule has 1 fully saturated rings. The molecule has 0 spiro atoms. The van der Waals surface area contributed by atoms with Gasteiger partial charge in [-0.15, -0.1) is 24.0 Å². The number of furan rings is 1. The van der Waals surface area contributed by atoms with Gasteiger partial charge in [-0.2, -0.15) is 0 Å². The summed E-state index contributed by atoms with van der Waals surface area (Å²) in [5.74, 6) is 2.66. The van der Waals surface area contributed by atoms with Crippen LogP contribution in [0.5, 0.6) is 0 Å². The van der Waals surface area contributed by atoms with Crippen molar-refractivity contribution in [2.24, 2.45) is 10.9 Å². The van der Waals surface area contributed by atoms with Crippen LogP contribution in [0.3, 0.4) is 0 Å². The van der Waals surface area contributed by atoms with Crippen LogP contribution in [0.15, 0.2) is 27.8 Å². The highest BCUT2D eigenvalue weighted by molar-refractivity contribution is 14.0. The first kappa shape index (κ1) is 22.2. The van der Waals surface area contributed by atoms with Crippen molar-refractivity contribution in [3.05, 3.63) is 24.2 Å². The Morgan fingerprint density at radius 3 is 2.72 bits per heavy atom. The van der Waals surface area contributed by atoms with E-state index in [1.165, 1.54) is 12.8 Å². The molecule has 0 aliphatic heterocycles. The molecule has 0 radical (unpaired) electrons. The quantitative estimate of drug-likeness (QED) is 0.250. The minimum atomic E-state index is 0. The Labute approximate surface area is 169 Å². The molecule has 1 aliphatic carbocycles. The van der Waals surface area contributed by atoms with Gasteiger partial charge in [-0.3, -0.25) is 9.89 Å². The molecule has 7 heteroatoms. The van der Waals surface area contributed by atoms with Gasteiger partial charge in [0.2, 0.25) is 0 Å². The lowest BCUT2D eigenvalue weighted by atomic mass is 10.2. The molecule has 25 heavy (non-hydrogen) atoms. The average molecular weight is 464 g/mol. The molecule has 1 unspecified atom stereocenters. The molecule has 0 aromatic carbocycles. The Morgan fingerprint density at radius 2 is 2.16 bits per heavy atom. The minimum absolute atomic E-state index is 0. The van der Waals surface area contributed by atoms with E-state index in [0.717, 1.165) is 43.9 Å². The van der Waals surface area contributed by atoms with Gasteiger partial charge in [0.25, 0.3) is 0 Å². The van der Waals surface area contributed by atoms with E-state index in [1.54, 1.807) is 6.26 Å². The van der Waals surface area contributed by atoms with Gasteiger partial charge in [-0.25, -0.2) is 0 Å². The van der Waals surface area contributed by atoms with Crippen LogP contribution in [-0.4, -0.2) is 69.8 Å². The zero-order valence-corrected chi connectivity index (χ0v) is 18.2. The van der Waals surface area contributed by atoms with Crippen LogP contribution in [0.4, 0.5) is 0 Å². The second-order valence-corrected chi connectivity index (χ2v) is 6.63. The predicted molar refractivity (Wildman–Crippen MR) is 113 cm³/mol. The third-order valence-corrected chi connectivity index (χ3v) is 4.23. The fourth-order valence-corrected chi connectivity index (χ4v) is 2.47. The van der Waals surface area contributed by atoms with Crippen molar-refractivity contribution in [2.45, 2.75) is 25.8 Å².